The topological polar surface area (TPSA) is 59.9 Å². The van der Waals surface area contributed by atoms with E-state index in [4.69, 9.17) is 4.74 Å². The van der Waals surface area contributed by atoms with Gasteiger partial charge in [0.05, 0.1) is 19.9 Å². The number of methoxy groups -OCH3 is 1. The summed E-state index contributed by atoms with van der Waals surface area (Å²) in [6.07, 6.45) is 0.925. The molecule has 1 N–H and O–H groups in total. The van der Waals surface area contributed by atoms with Gasteiger partial charge in [0.25, 0.3) is 0 Å². The quantitative estimate of drug-likeness (QED) is 0.624. The number of benzene rings is 1. The molecule has 0 radical (unpaired) electrons. The van der Waals surface area contributed by atoms with E-state index in [1.165, 1.54) is 13.3 Å². The van der Waals surface area contributed by atoms with Crippen LogP contribution in [0.3, 0.4) is 0 Å². The maximum absolute atomic E-state index is 10.7. The average molecular weight is 222 g/mol. The van der Waals surface area contributed by atoms with E-state index in [9.17, 15) is 4.79 Å². The Morgan fingerprint density at radius 3 is 2.69 bits per heavy atom. The Bertz CT molecular complexity index is 360. The van der Waals surface area contributed by atoms with Crippen molar-refractivity contribution >= 4 is 12.3 Å². The van der Waals surface area contributed by atoms with Crippen molar-refractivity contribution in [2.45, 2.75) is 6.92 Å². The van der Waals surface area contributed by atoms with Crippen LogP contribution in [0.5, 0.6) is 5.75 Å². The molecule has 0 spiro atoms. The summed E-state index contributed by atoms with van der Waals surface area (Å²) in [5, 5.41) is 3.70. The molecule has 86 valence electrons. The monoisotopic (exact) mass is 222 g/mol. The SMILES string of the molecule is CCOc1ccc(C=NNC(=O)OC)cc1. The van der Waals surface area contributed by atoms with Gasteiger partial charge < -0.3 is 9.47 Å². The summed E-state index contributed by atoms with van der Waals surface area (Å²) in [6, 6.07) is 7.35. The van der Waals surface area contributed by atoms with Crippen molar-refractivity contribution in [1.82, 2.24) is 5.43 Å². The van der Waals surface area contributed by atoms with Crippen molar-refractivity contribution in [3.63, 3.8) is 0 Å². The molecular weight excluding hydrogens is 208 g/mol. The molecule has 0 fully saturated rings. The Kier molecular flexibility index (Phi) is 4.85. The highest BCUT2D eigenvalue weighted by atomic mass is 16.5. The first-order valence-electron chi connectivity index (χ1n) is 4.86. The number of nitrogens with one attached hydrogen (secondary N) is 1. The molecule has 1 amide bonds. The summed E-state index contributed by atoms with van der Waals surface area (Å²) >= 11 is 0. The van der Waals surface area contributed by atoms with Gasteiger partial charge in [0.1, 0.15) is 5.75 Å². The largest absolute Gasteiger partial charge is 0.494 e. The van der Waals surface area contributed by atoms with E-state index in [0.717, 1.165) is 11.3 Å². The van der Waals surface area contributed by atoms with Gasteiger partial charge in [0.2, 0.25) is 0 Å². The first-order chi connectivity index (χ1) is 7.76. The van der Waals surface area contributed by atoms with Crippen LogP contribution in [0, 0.1) is 0 Å². The van der Waals surface area contributed by atoms with Gasteiger partial charge in [-0.25, -0.2) is 10.2 Å². The number of amides is 1. The Hall–Kier alpha value is -2.04. The molecule has 16 heavy (non-hydrogen) atoms. The smallest absolute Gasteiger partial charge is 0.427 e. The molecule has 1 aromatic carbocycles. The standard InChI is InChI=1S/C11H14N2O3/c1-3-16-10-6-4-9(5-7-10)8-12-13-11(14)15-2/h4-8H,3H2,1-2H3,(H,13,14). The van der Waals surface area contributed by atoms with Crippen LogP contribution in [0.4, 0.5) is 4.79 Å². The Balaban J connectivity index is 2.51. The van der Waals surface area contributed by atoms with Gasteiger partial charge in [0, 0.05) is 0 Å². The molecule has 0 saturated heterocycles. The van der Waals surface area contributed by atoms with E-state index in [1.54, 1.807) is 0 Å². The third kappa shape index (κ3) is 4.00. The van der Waals surface area contributed by atoms with E-state index < -0.39 is 6.09 Å². The molecule has 0 aliphatic rings. The lowest BCUT2D eigenvalue weighted by Crippen LogP contribution is -2.16. The number of rotatable bonds is 4. The van der Waals surface area contributed by atoms with Gasteiger partial charge in [-0.2, -0.15) is 5.10 Å². The zero-order chi connectivity index (χ0) is 11.8. The van der Waals surface area contributed by atoms with Gasteiger partial charge in [-0.05, 0) is 36.8 Å². The number of hydrogen-bond acceptors (Lipinski definition) is 4. The summed E-state index contributed by atoms with van der Waals surface area (Å²) in [4.78, 5) is 10.7. The third-order valence-corrected chi connectivity index (χ3v) is 1.75. The summed E-state index contributed by atoms with van der Waals surface area (Å²) in [5.74, 6) is 0.806. The first kappa shape index (κ1) is 12.0. The second-order valence-electron chi connectivity index (χ2n) is 2.86. The highest BCUT2D eigenvalue weighted by Crippen LogP contribution is 2.10. The number of carbonyl (C=O) groups is 1. The molecule has 5 nitrogen and oxygen atoms in total. The lowest BCUT2D eigenvalue weighted by Gasteiger charge is -2.02. The van der Waals surface area contributed by atoms with Crippen molar-refractivity contribution in [3.8, 4) is 5.75 Å². The fourth-order valence-electron chi connectivity index (χ4n) is 1.02. The zero-order valence-electron chi connectivity index (χ0n) is 9.27. The average Bonchev–Trinajstić information content (AvgIpc) is 2.31. The number of ether oxygens (including phenoxy) is 2. The van der Waals surface area contributed by atoms with E-state index in [-0.39, 0.29) is 0 Å². The first-order valence-corrected chi connectivity index (χ1v) is 4.86. The minimum absolute atomic E-state index is 0.595. The Labute approximate surface area is 94.1 Å². The highest BCUT2D eigenvalue weighted by molar-refractivity contribution is 5.80. The van der Waals surface area contributed by atoms with Crippen LogP contribution in [0.25, 0.3) is 0 Å². The van der Waals surface area contributed by atoms with Crippen LogP contribution in [-0.2, 0) is 4.74 Å². The van der Waals surface area contributed by atoms with Gasteiger partial charge >= 0.3 is 6.09 Å². The van der Waals surface area contributed by atoms with Gasteiger partial charge in [-0.15, -0.1) is 0 Å². The molecule has 1 rings (SSSR count). The molecule has 0 unspecified atom stereocenters. The molecular formula is C11H14N2O3. The molecule has 0 saturated carbocycles. The lowest BCUT2D eigenvalue weighted by atomic mass is 10.2. The molecule has 1 aromatic rings. The van der Waals surface area contributed by atoms with E-state index in [2.05, 4.69) is 15.3 Å². The minimum Gasteiger partial charge on any atom is -0.494 e. The maximum atomic E-state index is 10.7. The molecule has 0 heterocycles. The second-order valence-corrected chi connectivity index (χ2v) is 2.86. The lowest BCUT2D eigenvalue weighted by molar-refractivity contribution is 0.171. The third-order valence-electron chi connectivity index (χ3n) is 1.75. The minimum atomic E-state index is -0.595. The van der Waals surface area contributed by atoms with Crippen LogP contribution in [0.15, 0.2) is 29.4 Å². The van der Waals surface area contributed by atoms with Gasteiger partial charge in [-0.1, -0.05) is 0 Å². The molecule has 0 aliphatic carbocycles. The van der Waals surface area contributed by atoms with Crippen molar-refractivity contribution in [2.24, 2.45) is 5.10 Å². The summed E-state index contributed by atoms with van der Waals surface area (Å²) in [6.45, 7) is 2.56. The van der Waals surface area contributed by atoms with E-state index >= 15 is 0 Å². The van der Waals surface area contributed by atoms with Crippen molar-refractivity contribution in [1.29, 1.82) is 0 Å². The molecule has 0 aromatic heterocycles. The van der Waals surface area contributed by atoms with Crippen molar-refractivity contribution in [2.75, 3.05) is 13.7 Å². The summed E-state index contributed by atoms with van der Waals surface area (Å²) in [5.41, 5.74) is 3.06. The number of hydrogen-bond donors (Lipinski definition) is 1. The van der Waals surface area contributed by atoms with Crippen LogP contribution in [0.2, 0.25) is 0 Å². The van der Waals surface area contributed by atoms with Crippen LogP contribution in [-0.4, -0.2) is 26.0 Å². The molecule has 0 bridgehead atoms. The summed E-state index contributed by atoms with van der Waals surface area (Å²) in [7, 11) is 1.28. The van der Waals surface area contributed by atoms with Crippen molar-refractivity contribution in [3.05, 3.63) is 29.8 Å². The highest BCUT2D eigenvalue weighted by Gasteiger charge is 1.94. The van der Waals surface area contributed by atoms with Crippen molar-refractivity contribution < 1.29 is 14.3 Å². The fraction of sp³-hybridized carbons (Fsp3) is 0.273. The number of hydrazone groups is 1. The predicted octanol–water partition coefficient (Wildman–Crippen LogP) is 1.78. The van der Waals surface area contributed by atoms with Gasteiger partial charge in [-0.3, -0.25) is 0 Å². The zero-order valence-corrected chi connectivity index (χ0v) is 9.27. The fourth-order valence-corrected chi connectivity index (χ4v) is 1.02. The molecule has 0 atom stereocenters. The second kappa shape index (κ2) is 6.44. The van der Waals surface area contributed by atoms with Crippen LogP contribution < -0.4 is 10.2 Å². The Morgan fingerprint density at radius 1 is 1.44 bits per heavy atom. The van der Waals surface area contributed by atoms with Crippen LogP contribution >= 0.6 is 0 Å². The number of nitrogens with zero attached hydrogens (tertiary/aromatic N) is 1. The number of carbonyl (C=O) groups excluding carboxylic acids is 1. The molecule has 5 heteroatoms. The summed E-state index contributed by atoms with van der Waals surface area (Å²) < 4.78 is 9.64. The van der Waals surface area contributed by atoms with E-state index in [1.807, 2.05) is 31.2 Å². The van der Waals surface area contributed by atoms with E-state index in [0.29, 0.717) is 6.61 Å². The maximum Gasteiger partial charge on any atom is 0.427 e. The predicted molar refractivity (Wildman–Crippen MR) is 60.7 cm³/mol. The van der Waals surface area contributed by atoms with Gasteiger partial charge in [0.15, 0.2) is 0 Å². The van der Waals surface area contributed by atoms with Crippen LogP contribution in [0.1, 0.15) is 12.5 Å². The molecule has 0 aliphatic heterocycles. The normalized spacial score (nSPS) is 10.1. The Morgan fingerprint density at radius 2 is 2.12 bits per heavy atom.